The lowest BCUT2D eigenvalue weighted by Gasteiger charge is -2.36. The molecule has 8 heteroatoms. The molecule has 1 N–H and O–H groups in total. The van der Waals surface area contributed by atoms with Crippen molar-refractivity contribution in [3.05, 3.63) is 29.6 Å². The highest BCUT2D eigenvalue weighted by Crippen LogP contribution is 2.25. The number of nitrogens with zero attached hydrogens (tertiary/aromatic N) is 1. The molecule has 0 aromatic heterocycles. The van der Waals surface area contributed by atoms with Crippen LogP contribution in [0.15, 0.2) is 17.0 Å². The summed E-state index contributed by atoms with van der Waals surface area (Å²) < 4.78 is 65.2. The van der Waals surface area contributed by atoms with Crippen molar-refractivity contribution in [3.8, 4) is 0 Å². The molecule has 4 nitrogen and oxygen atoms in total. The monoisotopic (exact) mass is 294 g/mol. The largest absolute Gasteiger partial charge is 0.313 e. The highest BCUT2D eigenvalue weighted by molar-refractivity contribution is 7.89. The summed E-state index contributed by atoms with van der Waals surface area (Å²) >= 11 is 0. The van der Waals surface area contributed by atoms with Gasteiger partial charge in [0, 0.05) is 19.6 Å². The number of rotatable bonds is 4. The summed E-state index contributed by atoms with van der Waals surface area (Å²) in [7, 11) is -4.17. The van der Waals surface area contributed by atoms with Gasteiger partial charge in [0.05, 0.1) is 6.04 Å². The van der Waals surface area contributed by atoms with Crippen LogP contribution in [0.1, 0.15) is 6.92 Å². The Morgan fingerprint density at radius 2 is 1.89 bits per heavy atom. The predicted octanol–water partition coefficient (Wildman–Crippen LogP) is 1.09. The summed E-state index contributed by atoms with van der Waals surface area (Å²) in [6, 6.07) is 1.07. The number of likely N-dealkylation sites (N-methyl/N-ethyl adjacent to an activating group) is 1. The maximum atomic E-state index is 13.6. The summed E-state index contributed by atoms with van der Waals surface area (Å²) in [6.07, 6.45) is 0. The van der Waals surface area contributed by atoms with Gasteiger partial charge in [0.15, 0.2) is 17.5 Å². The van der Waals surface area contributed by atoms with Crippen LogP contribution in [-0.2, 0) is 10.0 Å². The van der Waals surface area contributed by atoms with Crippen molar-refractivity contribution in [1.29, 1.82) is 0 Å². The highest BCUT2D eigenvalue weighted by atomic mass is 32.2. The molecule has 1 aromatic carbocycles. The van der Waals surface area contributed by atoms with E-state index in [9.17, 15) is 21.6 Å². The average molecular weight is 294 g/mol. The standard InChI is InChI=1S/C11H13F3N2O2S/c1-2-16(7-5-15-6-7)19(17,18)9-4-3-8(12)10(13)11(9)14/h3-4,7,15H,2,5-6H2,1H3. The molecule has 2 rings (SSSR count). The number of hydrogen-bond donors (Lipinski definition) is 1. The number of sulfonamides is 1. The third-order valence-corrected chi connectivity index (χ3v) is 5.11. The predicted molar refractivity (Wildman–Crippen MR) is 62.5 cm³/mol. The van der Waals surface area contributed by atoms with Crippen molar-refractivity contribution in [3.63, 3.8) is 0 Å². The molecule has 0 amide bonds. The van der Waals surface area contributed by atoms with E-state index in [1.165, 1.54) is 0 Å². The molecule has 0 radical (unpaired) electrons. The lowest BCUT2D eigenvalue weighted by atomic mass is 10.2. The number of halogens is 3. The van der Waals surface area contributed by atoms with E-state index in [1.54, 1.807) is 6.92 Å². The fraction of sp³-hybridized carbons (Fsp3) is 0.455. The molecule has 1 heterocycles. The van der Waals surface area contributed by atoms with Gasteiger partial charge in [-0.2, -0.15) is 4.31 Å². The van der Waals surface area contributed by atoms with Gasteiger partial charge < -0.3 is 5.32 Å². The molecular formula is C11H13F3N2O2S. The fourth-order valence-electron chi connectivity index (χ4n) is 1.94. The normalized spacial score (nSPS) is 16.7. The molecule has 1 fully saturated rings. The van der Waals surface area contributed by atoms with Crippen molar-refractivity contribution in [2.75, 3.05) is 19.6 Å². The maximum absolute atomic E-state index is 13.6. The highest BCUT2D eigenvalue weighted by Gasteiger charge is 2.36. The molecule has 1 aromatic rings. The van der Waals surface area contributed by atoms with Crippen molar-refractivity contribution in [1.82, 2.24) is 9.62 Å². The van der Waals surface area contributed by atoms with Crippen LogP contribution < -0.4 is 5.32 Å². The Morgan fingerprint density at radius 3 is 2.37 bits per heavy atom. The Morgan fingerprint density at radius 1 is 1.26 bits per heavy atom. The van der Waals surface area contributed by atoms with E-state index in [-0.39, 0.29) is 12.6 Å². The second kappa shape index (κ2) is 5.10. The topological polar surface area (TPSA) is 49.4 Å². The maximum Gasteiger partial charge on any atom is 0.246 e. The van der Waals surface area contributed by atoms with E-state index in [4.69, 9.17) is 0 Å². The van der Waals surface area contributed by atoms with Crippen LogP contribution in [0.4, 0.5) is 13.2 Å². The van der Waals surface area contributed by atoms with Gasteiger partial charge in [-0.3, -0.25) is 0 Å². The van der Waals surface area contributed by atoms with Crippen molar-refractivity contribution in [2.24, 2.45) is 0 Å². The van der Waals surface area contributed by atoms with Crippen molar-refractivity contribution >= 4 is 10.0 Å². The molecule has 1 aliphatic rings. The minimum atomic E-state index is -4.17. The van der Waals surface area contributed by atoms with Gasteiger partial charge in [-0.25, -0.2) is 21.6 Å². The fourth-order valence-corrected chi connectivity index (χ4v) is 3.63. The summed E-state index contributed by atoms with van der Waals surface area (Å²) in [4.78, 5) is -0.833. The first kappa shape index (κ1) is 14.3. The minimum absolute atomic E-state index is 0.132. The summed E-state index contributed by atoms with van der Waals surface area (Å²) in [5.74, 6) is -4.86. The zero-order chi connectivity index (χ0) is 14.2. The molecule has 106 valence electrons. The van der Waals surface area contributed by atoms with E-state index in [2.05, 4.69) is 5.32 Å². The van der Waals surface area contributed by atoms with Crippen LogP contribution in [-0.4, -0.2) is 38.4 Å². The SMILES string of the molecule is CCN(C1CNC1)S(=O)(=O)c1ccc(F)c(F)c1F. The Hall–Kier alpha value is -1.12. The molecule has 1 saturated heterocycles. The minimum Gasteiger partial charge on any atom is -0.313 e. The molecule has 0 aliphatic carbocycles. The number of hydrogen-bond acceptors (Lipinski definition) is 3. The zero-order valence-electron chi connectivity index (χ0n) is 10.2. The van der Waals surface area contributed by atoms with Crippen LogP contribution in [0.3, 0.4) is 0 Å². The Bertz CT molecular complexity index is 588. The molecule has 0 atom stereocenters. The van der Waals surface area contributed by atoms with Gasteiger partial charge in [0.1, 0.15) is 4.90 Å². The zero-order valence-corrected chi connectivity index (χ0v) is 11.0. The van der Waals surface area contributed by atoms with Crippen LogP contribution >= 0.6 is 0 Å². The van der Waals surface area contributed by atoms with Gasteiger partial charge in [0.2, 0.25) is 10.0 Å². The first-order chi connectivity index (χ1) is 8.89. The first-order valence-electron chi connectivity index (χ1n) is 5.75. The van der Waals surface area contributed by atoms with E-state index >= 15 is 0 Å². The smallest absolute Gasteiger partial charge is 0.246 e. The van der Waals surface area contributed by atoms with Gasteiger partial charge in [-0.15, -0.1) is 0 Å². The third-order valence-electron chi connectivity index (χ3n) is 3.07. The Kier molecular flexibility index (Phi) is 3.84. The van der Waals surface area contributed by atoms with Crippen LogP contribution in [0.5, 0.6) is 0 Å². The summed E-state index contributed by atoms with van der Waals surface area (Å²) in [5, 5.41) is 2.90. The molecular weight excluding hydrogens is 281 g/mol. The van der Waals surface area contributed by atoms with E-state index < -0.39 is 32.4 Å². The second-order valence-corrected chi connectivity index (χ2v) is 6.05. The number of nitrogens with one attached hydrogen (secondary N) is 1. The summed E-state index contributed by atoms with van der Waals surface area (Å²) in [5.41, 5.74) is 0. The van der Waals surface area contributed by atoms with Crippen molar-refractivity contribution in [2.45, 2.75) is 17.9 Å². The number of benzene rings is 1. The molecule has 1 aliphatic heterocycles. The van der Waals surface area contributed by atoms with E-state index in [0.29, 0.717) is 19.2 Å². The van der Waals surface area contributed by atoms with Gasteiger partial charge in [0.25, 0.3) is 0 Å². The van der Waals surface area contributed by atoms with Crippen LogP contribution in [0.25, 0.3) is 0 Å². The van der Waals surface area contributed by atoms with Gasteiger partial charge >= 0.3 is 0 Å². The van der Waals surface area contributed by atoms with Gasteiger partial charge in [-0.1, -0.05) is 6.92 Å². The third kappa shape index (κ3) is 2.35. The second-order valence-electron chi connectivity index (χ2n) is 4.19. The quantitative estimate of drug-likeness (QED) is 0.846. The average Bonchev–Trinajstić information content (AvgIpc) is 2.29. The van der Waals surface area contributed by atoms with E-state index in [1.807, 2.05) is 0 Å². The van der Waals surface area contributed by atoms with Crippen LogP contribution in [0, 0.1) is 17.5 Å². The lowest BCUT2D eigenvalue weighted by Crippen LogP contribution is -2.58. The van der Waals surface area contributed by atoms with Crippen molar-refractivity contribution < 1.29 is 21.6 Å². The van der Waals surface area contributed by atoms with Crippen LogP contribution in [0.2, 0.25) is 0 Å². The van der Waals surface area contributed by atoms with E-state index in [0.717, 1.165) is 10.4 Å². The Labute approximate surface area is 109 Å². The lowest BCUT2D eigenvalue weighted by molar-refractivity contribution is 0.248. The summed E-state index contributed by atoms with van der Waals surface area (Å²) in [6.45, 7) is 2.65. The molecule has 0 bridgehead atoms. The Balaban J connectivity index is 2.46. The molecule has 0 unspecified atom stereocenters. The molecule has 0 saturated carbocycles. The molecule has 19 heavy (non-hydrogen) atoms. The van der Waals surface area contributed by atoms with Gasteiger partial charge in [-0.05, 0) is 12.1 Å². The first-order valence-corrected chi connectivity index (χ1v) is 7.19. The molecule has 0 spiro atoms.